The molecule has 0 atom stereocenters. The quantitative estimate of drug-likeness (QED) is 0.395. The van der Waals surface area contributed by atoms with Gasteiger partial charge in [-0.05, 0) is 0 Å². The Kier molecular flexibility index (Phi) is 4.80. The molecule has 0 aliphatic heterocycles. The highest BCUT2D eigenvalue weighted by atomic mass is 32.1. The van der Waals surface area contributed by atoms with Crippen LogP contribution in [0.25, 0.3) is 0 Å². The molecule has 0 amide bonds. The Morgan fingerprint density at radius 1 is 1.71 bits per heavy atom. The molecule has 35 valence electrons. The first-order valence-corrected chi connectivity index (χ1v) is 2.22. The lowest BCUT2D eigenvalue weighted by Crippen LogP contribution is -1.58. The molecule has 0 aromatic carbocycles. The Morgan fingerprint density at radius 2 is 2.43 bits per heavy atom. The van der Waals surface area contributed by atoms with Crippen LogP contribution in [0.3, 0.4) is 0 Å². The first kappa shape index (κ1) is 6.32. The Bertz CT molecular complexity index is 110. The van der Waals surface area contributed by atoms with Crippen molar-refractivity contribution in [3.63, 3.8) is 0 Å². The van der Waals surface area contributed by atoms with Gasteiger partial charge in [-0.1, -0.05) is 18.3 Å². The second kappa shape index (κ2) is 5.32. The van der Waals surface area contributed by atoms with Gasteiger partial charge in [-0.25, -0.2) is 0 Å². The maximum absolute atomic E-state index is 7.89. The van der Waals surface area contributed by atoms with E-state index in [1.54, 1.807) is 6.08 Å². The van der Waals surface area contributed by atoms with Gasteiger partial charge in [-0.2, -0.15) is 5.26 Å². The highest BCUT2D eigenvalue weighted by Gasteiger charge is 1.64. The van der Waals surface area contributed by atoms with Crippen LogP contribution >= 0.6 is 12.2 Å². The number of nitriles is 1. The van der Waals surface area contributed by atoms with Crippen LogP contribution in [-0.2, 0) is 0 Å². The van der Waals surface area contributed by atoms with Crippen molar-refractivity contribution in [1.29, 1.82) is 5.26 Å². The van der Waals surface area contributed by atoms with Gasteiger partial charge in [0, 0.05) is 17.9 Å². The topological polar surface area (TPSA) is 23.8 Å². The summed E-state index contributed by atoms with van der Waals surface area (Å²) in [5.74, 6) is 0. The first-order valence-electron chi connectivity index (χ1n) is 1.81. The van der Waals surface area contributed by atoms with Crippen molar-refractivity contribution in [1.82, 2.24) is 0 Å². The zero-order chi connectivity index (χ0) is 5.54. The lowest BCUT2D eigenvalue weighted by atomic mass is 10.4. The zero-order valence-electron chi connectivity index (χ0n) is 3.72. The molecule has 1 radical (unpaired) electrons. The fourth-order valence-corrected chi connectivity index (χ4v) is 0.256. The van der Waals surface area contributed by atoms with E-state index in [2.05, 4.69) is 17.6 Å². The van der Waals surface area contributed by atoms with Crippen LogP contribution in [0.2, 0.25) is 0 Å². The number of rotatable bonds is 2. The van der Waals surface area contributed by atoms with E-state index in [9.17, 15) is 0 Å². The normalized spacial score (nSPS) is 8.43. The van der Waals surface area contributed by atoms with Crippen molar-refractivity contribution < 1.29 is 0 Å². The second-order valence-corrected chi connectivity index (χ2v) is 1.17. The van der Waals surface area contributed by atoms with Crippen LogP contribution in [0.4, 0.5) is 0 Å². The SMILES string of the molecule is N#CC=CC[C]=S. The molecule has 0 fully saturated rings. The van der Waals surface area contributed by atoms with Gasteiger partial charge in [0.2, 0.25) is 0 Å². The van der Waals surface area contributed by atoms with Gasteiger partial charge in [0.15, 0.2) is 0 Å². The van der Waals surface area contributed by atoms with Gasteiger partial charge in [-0.15, -0.1) is 0 Å². The Labute approximate surface area is 48.3 Å². The predicted molar refractivity (Wildman–Crippen MR) is 32.0 cm³/mol. The number of allylic oxidation sites excluding steroid dienone is 2. The molecule has 1 nitrogen and oxygen atoms in total. The molecular formula is C5H4NS. The fraction of sp³-hybridized carbons (Fsp3) is 0.200. The molecule has 0 aromatic heterocycles. The Hall–Kier alpha value is -0.680. The summed E-state index contributed by atoms with van der Waals surface area (Å²) in [6.45, 7) is 0. The maximum atomic E-state index is 7.89. The van der Waals surface area contributed by atoms with Gasteiger partial charge in [0.1, 0.15) is 0 Å². The van der Waals surface area contributed by atoms with Crippen LogP contribution in [0.1, 0.15) is 6.42 Å². The number of hydrogen-bond acceptors (Lipinski definition) is 2. The summed E-state index contributed by atoms with van der Waals surface area (Å²) in [7, 11) is 0. The summed E-state index contributed by atoms with van der Waals surface area (Å²) in [5, 5.41) is 10.3. The van der Waals surface area contributed by atoms with Gasteiger partial charge in [0.05, 0.1) is 6.07 Å². The number of nitrogens with zero attached hydrogens (tertiary/aromatic N) is 1. The van der Waals surface area contributed by atoms with Crippen molar-refractivity contribution in [2.24, 2.45) is 0 Å². The lowest BCUT2D eigenvalue weighted by Gasteiger charge is -1.65. The highest BCUT2D eigenvalue weighted by molar-refractivity contribution is 7.78. The van der Waals surface area contributed by atoms with Gasteiger partial charge >= 0.3 is 0 Å². The molecule has 0 saturated heterocycles. The van der Waals surface area contributed by atoms with Gasteiger partial charge in [-0.3, -0.25) is 0 Å². The van der Waals surface area contributed by atoms with Crippen molar-refractivity contribution in [2.45, 2.75) is 6.42 Å². The summed E-state index contributed by atoms with van der Waals surface area (Å²) < 4.78 is 0. The monoisotopic (exact) mass is 110 g/mol. The predicted octanol–water partition coefficient (Wildman–Crippen LogP) is 1.33. The van der Waals surface area contributed by atoms with E-state index in [1.165, 1.54) is 6.08 Å². The minimum atomic E-state index is 0.586. The van der Waals surface area contributed by atoms with Crippen LogP contribution in [-0.4, -0.2) is 5.37 Å². The highest BCUT2D eigenvalue weighted by Crippen LogP contribution is 1.74. The Morgan fingerprint density at radius 3 is 2.86 bits per heavy atom. The molecule has 0 N–H and O–H groups in total. The van der Waals surface area contributed by atoms with E-state index in [0.29, 0.717) is 6.42 Å². The molecule has 0 bridgehead atoms. The van der Waals surface area contributed by atoms with E-state index in [-0.39, 0.29) is 0 Å². The fourth-order valence-electron chi connectivity index (χ4n) is 0.160. The van der Waals surface area contributed by atoms with E-state index in [4.69, 9.17) is 5.26 Å². The molecule has 0 aliphatic rings. The standard InChI is InChI=1S/C5H4NS/c6-4-2-1-3-5-7/h1-2H,3H2. The zero-order valence-corrected chi connectivity index (χ0v) is 4.53. The van der Waals surface area contributed by atoms with Gasteiger partial charge in [0.25, 0.3) is 0 Å². The van der Waals surface area contributed by atoms with E-state index in [0.717, 1.165) is 0 Å². The summed E-state index contributed by atoms with van der Waals surface area (Å²) in [4.78, 5) is 0. The van der Waals surface area contributed by atoms with Crippen molar-refractivity contribution >= 4 is 17.6 Å². The van der Waals surface area contributed by atoms with E-state index >= 15 is 0 Å². The first-order chi connectivity index (χ1) is 3.41. The van der Waals surface area contributed by atoms with E-state index < -0.39 is 0 Å². The molecule has 0 aliphatic carbocycles. The molecule has 0 spiro atoms. The summed E-state index contributed by atoms with van der Waals surface area (Å²) in [6.07, 6.45) is 3.63. The molecule has 0 aromatic rings. The smallest absolute Gasteiger partial charge is 0.0908 e. The van der Waals surface area contributed by atoms with E-state index in [1.807, 2.05) is 6.07 Å². The summed E-state index contributed by atoms with van der Waals surface area (Å²) >= 11 is 4.35. The van der Waals surface area contributed by atoms with Gasteiger partial charge < -0.3 is 0 Å². The molecular weight excluding hydrogens is 106 g/mol. The van der Waals surface area contributed by atoms with Crippen LogP contribution in [0.5, 0.6) is 0 Å². The minimum Gasteiger partial charge on any atom is -0.193 e. The molecule has 7 heavy (non-hydrogen) atoms. The van der Waals surface area contributed by atoms with Crippen LogP contribution in [0, 0.1) is 11.3 Å². The average molecular weight is 110 g/mol. The average Bonchev–Trinajstić information content (AvgIpc) is 1.69. The third-order valence-electron chi connectivity index (χ3n) is 0.394. The van der Waals surface area contributed by atoms with Crippen LogP contribution in [0.15, 0.2) is 12.2 Å². The number of thiocarbonyl (C=S) groups is 1. The third-order valence-corrected chi connectivity index (χ3v) is 0.560. The van der Waals surface area contributed by atoms with Crippen LogP contribution < -0.4 is 0 Å². The van der Waals surface area contributed by atoms with Crippen molar-refractivity contribution in [3.8, 4) is 6.07 Å². The summed E-state index contributed by atoms with van der Waals surface area (Å²) in [6, 6.07) is 1.84. The number of hydrogen-bond donors (Lipinski definition) is 0. The molecule has 0 heterocycles. The minimum absolute atomic E-state index is 0.586. The van der Waals surface area contributed by atoms with Crippen molar-refractivity contribution in [2.75, 3.05) is 0 Å². The molecule has 2 heteroatoms. The molecule has 0 unspecified atom stereocenters. The lowest BCUT2D eigenvalue weighted by molar-refractivity contribution is 1.51. The Balaban J connectivity index is 3.14. The molecule has 0 saturated carbocycles. The van der Waals surface area contributed by atoms with Crippen molar-refractivity contribution in [3.05, 3.63) is 12.2 Å². The maximum Gasteiger partial charge on any atom is 0.0908 e. The third kappa shape index (κ3) is 5.32. The second-order valence-electron chi connectivity index (χ2n) is 0.880. The molecule has 0 rings (SSSR count). The summed E-state index contributed by atoms with van der Waals surface area (Å²) in [5.41, 5.74) is 0. The largest absolute Gasteiger partial charge is 0.193 e.